The number of fused-ring (bicyclic) bond motifs is 1. The molecule has 3 aromatic heterocycles. The number of hydrogen-bond donors (Lipinski definition) is 2. The van der Waals surface area contributed by atoms with E-state index in [0.717, 1.165) is 0 Å². The predicted octanol–water partition coefficient (Wildman–Crippen LogP) is 3.41. The molecule has 3 heterocycles. The lowest BCUT2D eigenvalue weighted by molar-refractivity contribution is -0.117. The Bertz CT molecular complexity index is 1750. The summed E-state index contributed by atoms with van der Waals surface area (Å²) in [5, 5.41) is 13.2. The molecule has 1 atom stereocenters. The molecule has 0 saturated heterocycles. The van der Waals surface area contributed by atoms with Gasteiger partial charge in [0.05, 0.1) is 18.3 Å². The molecule has 1 amide bonds. The summed E-state index contributed by atoms with van der Waals surface area (Å²) >= 11 is 0. The van der Waals surface area contributed by atoms with Crippen molar-refractivity contribution in [3.05, 3.63) is 106 Å². The summed E-state index contributed by atoms with van der Waals surface area (Å²) in [5.74, 6) is -1.14. The number of hydrogen-bond acceptors (Lipinski definition) is 8. The minimum atomic E-state index is -0.516. The minimum absolute atomic E-state index is 0.0477. The number of amides is 1. The van der Waals surface area contributed by atoms with Crippen LogP contribution in [0.4, 0.5) is 10.1 Å². The quantitative estimate of drug-likeness (QED) is 0.294. The normalized spacial score (nSPS) is 11.9. The molecule has 5 aromatic rings. The van der Waals surface area contributed by atoms with E-state index in [9.17, 15) is 18.8 Å². The van der Waals surface area contributed by atoms with Gasteiger partial charge in [-0.3, -0.25) is 19.4 Å². The lowest BCUT2D eigenvalue weighted by Gasteiger charge is -2.17. The smallest absolute Gasteiger partial charge is 0.275 e. The zero-order valence-corrected chi connectivity index (χ0v) is 21.0. The Kier molecular flexibility index (Phi) is 7.06. The predicted molar refractivity (Wildman–Crippen MR) is 142 cm³/mol. The SMILES string of the molecule is CN[C@@H](C)C(=O)Nc1ccc(-c2ccc3nonc3c2)n(Cc2cncc(C(=O)c3ccc(F)cc3)c2)c1=O. The van der Waals surface area contributed by atoms with Crippen molar-refractivity contribution in [1.29, 1.82) is 0 Å². The number of likely N-dealkylation sites (N-methyl/N-ethyl adjacent to an activating group) is 1. The monoisotopic (exact) mass is 526 g/mol. The lowest BCUT2D eigenvalue weighted by Crippen LogP contribution is -2.37. The second kappa shape index (κ2) is 10.8. The number of rotatable bonds is 8. The third kappa shape index (κ3) is 5.34. The van der Waals surface area contributed by atoms with Crippen LogP contribution >= 0.6 is 0 Å². The molecule has 0 aliphatic carbocycles. The second-order valence-electron chi connectivity index (χ2n) is 8.91. The molecule has 5 rings (SSSR count). The molecule has 0 radical (unpaired) electrons. The van der Waals surface area contributed by atoms with E-state index in [1.165, 1.54) is 35.0 Å². The number of pyridine rings is 2. The molecular weight excluding hydrogens is 503 g/mol. The molecule has 0 saturated carbocycles. The van der Waals surface area contributed by atoms with Gasteiger partial charge in [0.1, 0.15) is 22.5 Å². The maximum atomic E-state index is 13.7. The minimum Gasteiger partial charge on any atom is -0.320 e. The van der Waals surface area contributed by atoms with Crippen LogP contribution in [0.15, 0.2) is 82.5 Å². The Hall–Kier alpha value is -5.03. The van der Waals surface area contributed by atoms with Gasteiger partial charge in [-0.2, -0.15) is 0 Å². The number of aromatic nitrogens is 4. The van der Waals surface area contributed by atoms with Gasteiger partial charge in [-0.05, 0) is 84.4 Å². The molecule has 0 fully saturated rings. The highest BCUT2D eigenvalue weighted by Crippen LogP contribution is 2.24. The first-order chi connectivity index (χ1) is 18.8. The van der Waals surface area contributed by atoms with Gasteiger partial charge >= 0.3 is 0 Å². The van der Waals surface area contributed by atoms with Crippen molar-refractivity contribution >= 4 is 28.4 Å². The number of anilines is 1. The number of nitrogens with zero attached hydrogens (tertiary/aromatic N) is 4. The van der Waals surface area contributed by atoms with E-state index in [0.29, 0.717) is 33.4 Å². The van der Waals surface area contributed by atoms with Gasteiger partial charge in [0.2, 0.25) is 5.91 Å². The Morgan fingerprint density at radius 2 is 1.74 bits per heavy atom. The zero-order chi connectivity index (χ0) is 27.5. The average molecular weight is 527 g/mol. The highest BCUT2D eigenvalue weighted by atomic mass is 19.1. The molecular formula is C28H23FN6O4. The van der Waals surface area contributed by atoms with Gasteiger partial charge in [-0.25, -0.2) is 9.02 Å². The summed E-state index contributed by atoms with van der Waals surface area (Å²) in [4.78, 5) is 43.3. The fourth-order valence-electron chi connectivity index (χ4n) is 4.04. The highest BCUT2D eigenvalue weighted by Gasteiger charge is 2.18. The van der Waals surface area contributed by atoms with Crippen LogP contribution < -0.4 is 16.2 Å². The van der Waals surface area contributed by atoms with Crippen molar-refractivity contribution in [2.75, 3.05) is 12.4 Å². The summed E-state index contributed by atoms with van der Waals surface area (Å²) in [6.07, 6.45) is 2.97. The summed E-state index contributed by atoms with van der Waals surface area (Å²) < 4.78 is 19.6. The Morgan fingerprint density at radius 1 is 0.974 bits per heavy atom. The summed E-state index contributed by atoms with van der Waals surface area (Å²) in [6.45, 7) is 1.73. The third-order valence-electron chi connectivity index (χ3n) is 6.31. The van der Waals surface area contributed by atoms with E-state index in [1.54, 1.807) is 56.6 Å². The molecule has 0 unspecified atom stereocenters. The maximum absolute atomic E-state index is 13.7. The van der Waals surface area contributed by atoms with Crippen LogP contribution in [0.5, 0.6) is 0 Å². The first-order valence-electron chi connectivity index (χ1n) is 12.0. The molecule has 0 spiro atoms. The molecule has 0 aliphatic heterocycles. The van der Waals surface area contributed by atoms with E-state index < -0.39 is 17.4 Å². The van der Waals surface area contributed by atoms with Crippen molar-refractivity contribution < 1.29 is 18.6 Å². The van der Waals surface area contributed by atoms with Crippen LogP contribution in [-0.4, -0.2) is 44.6 Å². The van der Waals surface area contributed by atoms with Crippen LogP contribution in [0.25, 0.3) is 22.3 Å². The first-order valence-corrected chi connectivity index (χ1v) is 12.0. The van der Waals surface area contributed by atoms with Gasteiger partial charge in [-0.1, -0.05) is 6.07 Å². The van der Waals surface area contributed by atoms with E-state index in [-0.39, 0.29) is 29.5 Å². The van der Waals surface area contributed by atoms with Crippen LogP contribution in [0.3, 0.4) is 0 Å². The molecule has 39 heavy (non-hydrogen) atoms. The van der Waals surface area contributed by atoms with Crippen LogP contribution in [-0.2, 0) is 11.3 Å². The molecule has 10 nitrogen and oxygen atoms in total. The average Bonchev–Trinajstić information content (AvgIpc) is 3.43. The number of nitrogens with one attached hydrogen (secondary N) is 2. The molecule has 196 valence electrons. The van der Waals surface area contributed by atoms with Crippen molar-refractivity contribution in [1.82, 2.24) is 25.2 Å². The van der Waals surface area contributed by atoms with Crippen LogP contribution in [0.1, 0.15) is 28.4 Å². The Morgan fingerprint density at radius 3 is 2.51 bits per heavy atom. The summed E-state index contributed by atoms with van der Waals surface area (Å²) in [6, 6.07) is 14.9. The number of ketones is 1. The third-order valence-corrected chi connectivity index (χ3v) is 6.31. The fourth-order valence-corrected chi connectivity index (χ4v) is 4.04. The van der Waals surface area contributed by atoms with Crippen molar-refractivity contribution in [3.63, 3.8) is 0 Å². The Labute approximate surface area is 221 Å². The molecule has 0 bridgehead atoms. The standard InChI is InChI=1S/C28H23FN6O4/c1-16(30-2)27(37)32-23-9-10-25(19-5-8-22-24(12-19)34-39-33-22)35(28(23)38)15-17-11-20(14-31-13-17)26(36)18-3-6-21(29)7-4-18/h3-14,16,30H,15H2,1-2H3,(H,32,37)/t16-/m0/s1. The van der Waals surface area contributed by atoms with Gasteiger partial charge in [0, 0.05) is 29.1 Å². The van der Waals surface area contributed by atoms with E-state index in [2.05, 4.69) is 25.9 Å². The van der Waals surface area contributed by atoms with Gasteiger partial charge in [0.25, 0.3) is 5.56 Å². The molecule has 0 aliphatic rings. The number of halogens is 1. The molecule has 2 aromatic carbocycles. The number of carbonyl (C=O) groups is 2. The van der Waals surface area contributed by atoms with Crippen molar-refractivity contribution in [3.8, 4) is 11.3 Å². The fraction of sp³-hybridized carbons (Fsp3) is 0.143. The van der Waals surface area contributed by atoms with Crippen LogP contribution in [0.2, 0.25) is 0 Å². The number of benzene rings is 2. The van der Waals surface area contributed by atoms with E-state index in [4.69, 9.17) is 4.63 Å². The molecule has 11 heteroatoms. The first kappa shape index (κ1) is 25.6. The van der Waals surface area contributed by atoms with E-state index in [1.807, 2.05) is 0 Å². The van der Waals surface area contributed by atoms with Crippen molar-refractivity contribution in [2.45, 2.75) is 19.5 Å². The van der Waals surface area contributed by atoms with E-state index >= 15 is 0 Å². The van der Waals surface area contributed by atoms with Crippen LogP contribution in [0, 0.1) is 5.82 Å². The Balaban J connectivity index is 1.56. The largest absolute Gasteiger partial charge is 0.320 e. The summed E-state index contributed by atoms with van der Waals surface area (Å²) in [7, 11) is 1.65. The van der Waals surface area contributed by atoms with Gasteiger partial charge < -0.3 is 15.2 Å². The zero-order valence-electron chi connectivity index (χ0n) is 21.0. The second-order valence-corrected chi connectivity index (χ2v) is 8.91. The maximum Gasteiger partial charge on any atom is 0.275 e. The summed E-state index contributed by atoms with van der Waals surface area (Å²) in [5.41, 5.74) is 3.11. The van der Waals surface area contributed by atoms with Crippen molar-refractivity contribution in [2.24, 2.45) is 0 Å². The highest BCUT2D eigenvalue weighted by molar-refractivity contribution is 6.08. The molecule has 2 N–H and O–H groups in total. The topological polar surface area (TPSA) is 132 Å². The van der Waals surface area contributed by atoms with Gasteiger partial charge in [0.15, 0.2) is 5.78 Å². The number of carbonyl (C=O) groups excluding carboxylic acids is 2. The lowest BCUT2D eigenvalue weighted by atomic mass is 10.0. The van der Waals surface area contributed by atoms with Gasteiger partial charge in [-0.15, -0.1) is 0 Å².